The zero-order valence-electron chi connectivity index (χ0n) is 16.1. The van der Waals surface area contributed by atoms with Gasteiger partial charge in [-0.25, -0.2) is 9.97 Å². The van der Waals surface area contributed by atoms with Crippen molar-refractivity contribution in [3.8, 4) is 5.75 Å². The summed E-state index contributed by atoms with van der Waals surface area (Å²) in [4.78, 5) is 20.7. The second-order valence-electron chi connectivity index (χ2n) is 6.37. The Morgan fingerprint density at radius 2 is 1.71 bits per heavy atom. The van der Waals surface area contributed by atoms with Crippen LogP contribution in [0.25, 0.3) is 0 Å². The van der Waals surface area contributed by atoms with Crippen molar-refractivity contribution in [1.82, 2.24) is 9.97 Å². The molecular weight excluding hydrogens is 352 g/mol. The average Bonchev–Trinajstić information content (AvgIpc) is 2.71. The molecule has 0 saturated carbocycles. The van der Waals surface area contributed by atoms with Crippen molar-refractivity contribution in [2.75, 3.05) is 24.3 Å². The molecule has 3 aromatic rings. The van der Waals surface area contributed by atoms with E-state index in [1.807, 2.05) is 61.5 Å². The third kappa shape index (κ3) is 5.54. The Hall–Kier alpha value is -3.41. The first-order valence-electron chi connectivity index (χ1n) is 9.23. The third-order valence-corrected chi connectivity index (χ3v) is 4.23. The second kappa shape index (κ2) is 9.50. The molecule has 2 N–H and O–H groups in total. The minimum Gasteiger partial charge on any atom is -0.497 e. The number of methoxy groups -OCH3 is 1. The summed E-state index contributed by atoms with van der Waals surface area (Å²) in [6, 6.07) is 17.3. The van der Waals surface area contributed by atoms with Crippen LogP contribution in [0.5, 0.6) is 5.75 Å². The van der Waals surface area contributed by atoms with Gasteiger partial charge in [0.25, 0.3) is 0 Å². The Kier molecular flexibility index (Phi) is 6.57. The van der Waals surface area contributed by atoms with Crippen molar-refractivity contribution in [2.24, 2.45) is 0 Å². The van der Waals surface area contributed by atoms with Crippen LogP contribution in [0.4, 0.5) is 11.5 Å². The Bertz CT molecular complexity index is 909. The largest absolute Gasteiger partial charge is 0.497 e. The molecular formula is C22H24N4O2. The van der Waals surface area contributed by atoms with Crippen molar-refractivity contribution in [3.05, 3.63) is 77.7 Å². The SMILES string of the molecule is CCNc1cc(Cc2ccc(NC(=O)Cc3ccc(OC)cc3)cc2)ncn1. The molecule has 0 spiro atoms. The maximum atomic E-state index is 12.2. The minimum absolute atomic E-state index is 0.0519. The van der Waals surface area contributed by atoms with E-state index in [-0.39, 0.29) is 5.91 Å². The van der Waals surface area contributed by atoms with Crippen molar-refractivity contribution in [1.29, 1.82) is 0 Å². The van der Waals surface area contributed by atoms with Crippen LogP contribution in [0.3, 0.4) is 0 Å². The van der Waals surface area contributed by atoms with E-state index in [0.717, 1.165) is 40.6 Å². The summed E-state index contributed by atoms with van der Waals surface area (Å²) < 4.78 is 5.13. The van der Waals surface area contributed by atoms with Crippen LogP contribution < -0.4 is 15.4 Å². The standard InChI is InChI=1S/C22H24N4O2/c1-3-23-21-14-19(24-15-25-21)12-16-4-8-18(9-5-16)26-22(27)13-17-6-10-20(28-2)11-7-17/h4-11,14-15H,3,12-13H2,1-2H3,(H,26,27)(H,23,24,25). The number of benzene rings is 2. The summed E-state index contributed by atoms with van der Waals surface area (Å²) in [6.45, 7) is 2.85. The minimum atomic E-state index is -0.0519. The zero-order chi connectivity index (χ0) is 19.8. The van der Waals surface area contributed by atoms with Gasteiger partial charge in [-0.3, -0.25) is 4.79 Å². The van der Waals surface area contributed by atoms with Crippen molar-refractivity contribution in [2.45, 2.75) is 19.8 Å². The Morgan fingerprint density at radius 3 is 2.39 bits per heavy atom. The van der Waals surface area contributed by atoms with Crippen molar-refractivity contribution in [3.63, 3.8) is 0 Å². The van der Waals surface area contributed by atoms with Gasteiger partial charge in [-0.05, 0) is 42.3 Å². The highest BCUT2D eigenvalue weighted by atomic mass is 16.5. The smallest absolute Gasteiger partial charge is 0.228 e. The van der Waals surface area contributed by atoms with Gasteiger partial charge < -0.3 is 15.4 Å². The molecule has 0 saturated heterocycles. The summed E-state index contributed by atoms with van der Waals surface area (Å²) in [5.41, 5.74) is 3.78. The van der Waals surface area contributed by atoms with Gasteiger partial charge in [-0.1, -0.05) is 24.3 Å². The molecule has 0 aliphatic rings. The maximum Gasteiger partial charge on any atom is 0.228 e. The molecule has 144 valence electrons. The number of nitrogens with zero attached hydrogens (tertiary/aromatic N) is 2. The van der Waals surface area contributed by atoms with Gasteiger partial charge in [0.1, 0.15) is 17.9 Å². The Labute approximate surface area is 165 Å². The van der Waals surface area contributed by atoms with Gasteiger partial charge in [0.05, 0.1) is 19.2 Å². The van der Waals surface area contributed by atoms with E-state index in [1.165, 1.54) is 0 Å². The Morgan fingerprint density at radius 1 is 1.00 bits per heavy atom. The van der Waals surface area contributed by atoms with Gasteiger partial charge in [-0.2, -0.15) is 0 Å². The molecule has 0 radical (unpaired) electrons. The highest BCUT2D eigenvalue weighted by Crippen LogP contribution is 2.15. The molecule has 0 aliphatic carbocycles. The maximum absolute atomic E-state index is 12.2. The van der Waals surface area contributed by atoms with E-state index in [9.17, 15) is 4.79 Å². The summed E-state index contributed by atoms with van der Waals surface area (Å²) in [7, 11) is 1.62. The molecule has 1 amide bonds. The van der Waals surface area contributed by atoms with E-state index in [4.69, 9.17) is 4.74 Å². The summed E-state index contributed by atoms with van der Waals surface area (Å²) in [5.74, 6) is 1.56. The Balaban J connectivity index is 1.56. The van der Waals surface area contributed by atoms with E-state index >= 15 is 0 Å². The number of ether oxygens (including phenoxy) is 1. The number of rotatable bonds is 8. The summed E-state index contributed by atoms with van der Waals surface area (Å²) >= 11 is 0. The number of nitrogens with one attached hydrogen (secondary N) is 2. The number of amides is 1. The molecule has 0 aliphatic heterocycles. The first-order chi connectivity index (χ1) is 13.7. The number of aromatic nitrogens is 2. The molecule has 0 bridgehead atoms. The number of carbonyl (C=O) groups excluding carboxylic acids is 1. The fourth-order valence-electron chi connectivity index (χ4n) is 2.82. The number of hydrogen-bond acceptors (Lipinski definition) is 5. The lowest BCUT2D eigenvalue weighted by atomic mass is 10.1. The van der Waals surface area contributed by atoms with Crippen LogP contribution in [0, 0.1) is 0 Å². The number of hydrogen-bond donors (Lipinski definition) is 2. The van der Waals surface area contributed by atoms with Crippen molar-refractivity contribution < 1.29 is 9.53 Å². The van der Waals surface area contributed by atoms with Gasteiger partial charge in [-0.15, -0.1) is 0 Å². The topological polar surface area (TPSA) is 76.1 Å². The van der Waals surface area contributed by atoms with Gasteiger partial charge in [0, 0.05) is 24.7 Å². The van der Waals surface area contributed by atoms with Crippen LogP contribution in [-0.2, 0) is 17.6 Å². The van der Waals surface area contributed by atoms with E-state index in [2.05, 4.69) is 20.6 Å². The number of carbonyl (C=O) groups is 1. The zero-order valence-corrected chi connectivity index (χ0v) is 16.1. The summed E-state index contributed by atoms with van der Waals surface area (Å²) in [5, 5.41) is 6.12. The van der Waals surface area contributed by atoms with Gasteiger partial charge in [0.15, 0.2) is 0 Å². The lowest BCUT2D eigenvalue weighted by Crippen LogP contribution is -2.14. The first kappa shape index (κ1) is 19.4. The second-order valence-corrected chi connectivity index (χ2v) is 6.37. The lowest BCUT2D eigenvalue weighted by Gasteiger charge is -2.08. The van der Waals surface area contributed by atoms with E-state index in [1.54, 1.807) is 13.4 Å². The van der Waals surface area contributed by atoms with Crippen LogP contribution in [0.2, 0.25) is 0 Å². The van der Waals surface area contributed by atoms with E-state index < -0.39 is 0 Å². The molecule has 0 atom stereocenters. The lowest BCUT2D eigenvalue weighted by molar-refractivity contribution is -0.115. The highest BCUT2D eigenvalue weighted by Gasteiger charge is 2.06. The third-order valence-electron chi connectivity index (χ3n) is 4.23. The molecule has 28 heavy (non-hydrogen) atoms. The molecule has 1 heterocycles. The van der Waals surface area contributed by atoms with Gasteiger partial charge in [0.2, 0.25) is 5.91 Å². The number of anilines is 2. The van der Waals surface area contributed by atoms with Crippen LogP contribution in [0.15, 0.2) is 60.9 Å². The van der Waals surface area contributed by atoms with Crippen molar-refractivity contribution >= 4 is 17.4 Å². The first-order valence-corrected chi connectivity index (χ1v) is 9.23. The normalized spacial score (nSPS) is 10.4. The molecule has 6 heteroatoms. The molecule has 0 fully saturated rings. The van der Waals surface area contributed by atoms with Crippen LogP contribution in [0.1, 0.15) is 23.7 Å². The van der Waals surface area contributed by atoms with Crippen LogP contribution >= 0.6 is 0 Å². The highest BCUT2D eigenvalue weighted by molar-refractivity contribution is 5.92. The van der Waals surface area contributed by atoms with E-state index in [0.29, 0.717) is 12.8 Å². The molecule has 2 aromatic carbocycles. The molecule has 1 aromatic heterocycles. The molecule has 3 rings (SSSR count). The quantitative estimate of drug-likeness (QED) is 0.627. The van der Waals surface area contributed by atoms with Gasteiger partial charge >= 0.3 is 0 Å². The van der Waals surface area contributed by atoms with Crippen LogP contribution in [-0.4, -0.2) is 29.5 Å². The molecule has 6 nitrogen and oxygen atoms in total. The summed E-state index contributed by atoms with van der Waals surface area (Å²) in [6.07, 6.45) is 2.60. The fourth-order valence-corrected chi connectivity index (χ4v) is 2.82. The average molecular weight is 376 g/mol. The monoisotopic (exact) mass is 376 g/mol. The fraction of sp³-hybridized carbons (Fsp3) is 0.227. The molecule has 0 unspecified atom stereocenters. The predicted octanol–water partition coefficient (Wildman–Crippen LogP) is 3.69. The predicted molar refractivity (Wildman–Crippen MR) is 111 cm³/mol.